The van der Waals surface area contributed by atoms with Crippen LogP contribution in [0.15, 0.2) is 133 Å². The monoisotopic (exact) mass is 658 g/mol. The smallest absolute Gasteiger partial charge is 0.134 e. The molecule has 0 aliphatic rings. The molecule has 4 heterocycles. The van der Waals surface area contributed by atoms with Gasteiger partial charge >= 0.3 is 0 Å². The largest absolute Gasteiger partial charge is 0.235 e. The van der Waals surface area contributed by atoms with E-state index in [0.717, 1.165) is 21.0 Å². The minimum atomic E-state index is 1.05. The normalized spacial score (nSPS) is 11.9. The van der Waals surface area contributed by atoms with Gasteiger partial charge in [-0.05, 0) is 104 Å². The van der Waals surface area contributed by atoms with Gasteiger partial charge in [0.1, 0.15) is 10.0 Å². The highest BCUT2D eigenvalue weighted by Gasteiger charge is 2.15. The fraction of sp³-hybridized carbons (Fsp3) is 0. The highest BCUT2D eigenvalue weighted by molar-refractivity contribution is 7.27. The van der Waals surface area contributed by atoms with Crippen LogP contribution in [0.1, 0.15) is 0 Å². The van der Waals surface area contributed by atoms with Gasteiger partial charge in [0.15, 0.2) is 0 Å². The maximum atomic E-state index is 5.09. The zero-order valence-corrected chi connectivity index (χ0v) is 27.5. The zero-order valence-electron chi connectivity index (χ0n) is 24.2. The van der Waals surface area contributed by atoms with E-state index in [4.69, 9.17) is 9.97 Å². The molecule has 0 bridgehead atoms. The van der Waals surface area contributed by atoms with Crippen molar-refractivity contribution < 1.29 is 0 Å². The number of aromatic nitrogens is 2. The molecule has 10 aromatic rings. The van der Waals surface area contributed by atoms with Crippen LogP contribution in [0.5, 0.6) is 0 Å². The van der Waals surface area contributed by atoms with Crippen molar-refractivity contribution in [1.29, 1.82) is 0 Å². The number of thiazole rings is 2. The molecule has 0 fully saturated rings. The molecule has 0 unspecified atom stereocenters. The summed E-state index contributed by atoms with van der Waals surface area (Å²) < 4.78 is 2.41. The maximum absolute atomic E-state index is 5.09. The molecule has 0 radical (unpaired) electrons. The van der Waals surface area contributed by atoms with Crippen LogP contribution in [0, 0.1) is 0 Å². The van der Waals surface area contributed by atoms with Crippen LogP contribution >= 0.6 is 45.3 Å². The second-order valence-electron chi connectivity index (χ2n) is 11.5. The second kappa shape index (κ2) is 10.4. The third-order valence-electron chi connectivity index (χ3n) is 8.55. The fourth-order valence-corrected chi connectivity index (χ4v) is 10.3. The van der Waals surface area contributed by atoms with E-state index in [1.54, 1.807) is 22.7 Å². The first-order valence-electron chi connectivity index (χ1n) is 15.0. The average Bonchev–Trinajstić information content (AvgIpc) is 3.91. The molecule has 216 valence electrons. The van der Waals surface area contributed by atoms with Crippen molar-refractivity contribution >= 4 is 98.1 Å². The number of hydrogen-bond donors (Lipinski definition) is 0. The molecule has 0 aliphatic carbocycles. The van der Waals surface area contributed by atoms with Gasteiger partial charge in [-0.25, -0.2) is 9.97 Å². The summed E-state index contributed by atoms with van der Waals surface area (Å²) in [7, 11) is 0. The minimum absolute atomic E-state index is 1.05. The molecule has 0 N–H and O–H groups in total. The lowest BCUT2D eigenvalue weighted by molar-refractivity contribution is 1.50. The molecule has 2 nitrogen and oxygen atoms in total. The van der Waals surface area contributed by atoms with E-state index >= 15 is 0 Å². The van der Waals surface area contributed by atoms with Crippen molar-refractivity contribution in [3.05, 3.63) is 133 Å². The van der Waals surface area contributed by atoms with Crippen LogP contribution in [0.2, 0.25) is 0 Å². The van der Waals surface area contributed by atoms with Crippen molar-refractivity contribution in [1.82, 2.24) is 9.97 Å². The fourth-order valence-electron chi connectivity index (χ4n) is 6.21. The molecule has 6 aromatic carbocycles. The summed E-state index contributed by atoms with van der Waals surface area (Å²) in [6, 6.07) is 48.4. The molecule has 0 atom stereocenters. The molecule has 0 amide bonds. The molecule has 4 aromatic heterocycles. The van der Waals surface area contributed by atoms with Crippen molar-refractivity contribution in [3.8, 4) is 40.7 Å². The predicted octanol–water partition coefficient (Wildman–Crippen LogP) is 13.2. The predicted molar refractivity (Wildman–Crippen MR) is 203 cm³/mol. The Morgan fingerprint density at radius 2 is 0.761 bits per heavy atom. The van der Waals surface area contributed by atoms with Gasteiger partial charge in [-0.1, -0.05) is 72.8 Å². The highest BCUT2D eigenvalue weighted by atomic mass is 32.1. The molecule has 0 aliphatic heterocycles. The molecular weight excluding hydrogens is 637 g/mol. The summed E-state index contributed by atoms with van der Waals surface area (Å²) >= 11 is 7.16. The SMILES string of the molecule is c1ccc2cc(-c3ccc(-c4nc5cc6cc7sc(-c8ccc(-c9ccc%10ccccc%10c9)s8)nc7cc6cc5s4)s3)ccc2c1. The topological polar surface area (TPSA) is 25.8 Å². The highest BCUT2D eigenvalue weighted by Crippen LogP contribution is 2.42. The first-order valence-corrected chi connectivity index (χ1v) is 18.3. The standard InChI is InChI=1S/C40H22N2S4/c1-3-7-25-17-27(11-9-23(25)5-1)33-13-15-35(43-33)39-41-31-19-29-22-38-32(20-30(29)21-37(31)45-39)42-40(46-38)36-16-14-34(44-36)28-12-10-24-6-2-4-8-26(24)18-28/h1-22H. The number of thiophene rings is 2. The Morgan fingerprint density at radius 1 is 0.326 bits per heavy atom. The molecule has 6 heteroatoms. The van der Waals surface area contributed by atoms with Crippen LogP contribution < -0.4 is 0 Å². The van der Waals surface area contributed by atoms with Gasteiger partial charge in [-0.15, -0.1) is 45.3 Å². The number of rotatable bonds is 4. The summed E-state index contributed by atoms with van der Waals surface area (Å²) in [6.07, 6.45) is 0. The Bertz CT molecular complexity index is 2520. The number of hydrogen-bond acceptors (Lipinski definition) is 6. The van der Waals surface area contributed by atoms with Gasteiger partial charge in [0.05, 0.1) is 30.2 Å². The summed E-state index contributed by atoms with van der Waals surface area (Å²) in [5.41, 5.74) is 4.61. The number of benzene rings is 6. The Morgan fingerprint density at radius 3 is 1.24 bits per heavy atom. The first-order chi connectivity index (χ1) is 22.7. The zero-order chi connectivity index (χ0) is 30.2. The van der Waals surface area contributed by atoms with Crippen molar-refractivity contribution in [3.63, 3.8) is 0 Å². The summed E-state index contributed by atoms with van der Waals surface area (Å²) in [6.45, 7) is 0. The van der Waals surface area contributed by atoms with E-state index in [1.807, 2.05) is 22.7 Å². The van der Waals surface area contributed by atoms with Crippen LogP contribution in [0.25, 0.3) is 93.4 Å². The molecule has 0 saturated heterocycles. The quantitative estimate of drug-likeness (QED) is 0.188. The Hall–Kier alpha value is -4.72. The lowest BCUT2D eigenvalue weighted by Gasteiger charge is -2.01. The van der Waals surface area contributed by atoms with Gasteiger partial charge in [-0.3, -0.25) is 0 Å². The summed E-state index contributed by atoms with van der Waals surface area (Å²) in [4.78, 5) is 15.1. The summed E-state index contributed by atoms with van der Waals surface area (Å²) in [5.74, 6) is 0. The van der Waals surface area contributed by atoms with Crippen LogP contribution in [0.4, 0.5) is 0 Å². The van der Waals surface area contributed by atoms with Gasteiger partial charge in [-0.2, -0.15) is 0 Å². The van der Waals surface area contributed by atoms with Crippen molar-refractivity contribution in [2.24, 2.45) is 0 Å². The molecular formula is C40H22N2S4. The molecule has 0 spiro atoms. The van der Waals surface area contributed by atoms with Crippen LogP contribution in [-0.2, 0) is 0 Å². The lowest BCUT2D eigenvalue weighted by Crippen LogP contribution is -1.76. The minimum Gasteiger partial charge on any atom is -0.235 e. The van der Waals surface area contributed by atoms with E-state index in [1.165, 1.54) is 72.4 Å². The second-order valence-corrected chi connectivity index (χ2v) is 15.7. The molecule has 46 heavy (non-hydrogen) atoms. The third-order valence-corrected chi connectivity index (χ3v) is 13.2. The van der Waals surface area contributed by atoms with Gasteiger partial charge in [0.25, 0.3) is 0 Å². The van der Waals surface area contributed by atoms with Crippen LogP contribution in [-0.4, -0.2) is 9.97 Å². The first kappa shape index (κ1) is 26.5. The van der Waals surface area contributed by atoms with E-state index in [2.05, 4.69) is 133 Å². The van der Waals surface area contributed by atoms with Crippen molar-refractivity contribution in [2.45, 2.75) is 0 Å². The molecule has 10 rings (SSSR count). The van der Waals surface area contributed by atoms with E-state index in [0.29, 0.717) is 0 Å². The Labute approximate surface area is 280 Å². The number of fused-ring (bicyclic) bond motifs is 5. The van der Waals surface area contributed by atoms with Gasteiger partial charge in [0, 0.05) is 9.75 Å². The lowest BCUT2D eigenvalue weighted by atomic mass is 10.1. The Balaban J connectivity index is 0.968. The average molecular weight is 659 g/mol. The van der Waals surface area contributed by atoms with E-state index in [-0.39, 0.29) is 0 Å². The van der Waals surface area contributed by atoms with Crippen LogP contribution in [0.3, 0.4) is 0 Å². The van der Waals surface area contributed by atoms with Gasteiger partial charge in [0.2, 0.25) is 0 Å². The van der Waals surface area contributed by atoms with Crippen molar-refractivity contribution in [2.75, 3.05) is 0 Å². The Kier molecular flexibility index (Phi) is 5.99. The van der Waals surface area contributed by atoms with E-state index in [9.17, 15) is 0 Å². The third kappa shape index (κ3) is 4.49. The van der Waals surface area contributed by atoms with E-state index < -0.39 is 0 Å². The van der Waals surface area contributed by atoms with Gasteiger partial charge < -0.3 is 0 Å². The summed E-state index contributed by atoms with van der Waals surface area (Å²) in [5, 5.41) is 9.63. The molecule has 0 saturated carbocycles. The number of nitrogens with zero attached hydrogens (tertiary/aromatic N) is 2. The maximum Gasteiger partial charge on any atom is 0.134 e.